The van der Waals surface area contributed by atoms with E-state index in [4.69, 9.17) is 9.15 Å². The number of methoxy groups -OCH3 is 1. The van der Waals surface area contributed by atoms with E-state index in [1.807, 2.05) is 0 Å². The molecule has 1 aromatic heterocycles. The Bertz CT molecular complexity index is 1000. The normalized spacial score (nSPS) is 17.0. The minimum atomic E-state index is -3.67. The molecule has 2 heterocycles. The maximum atomic E-state index is 12.7. The van der Waals surface area contributed by atoms with E-state index in [1.54, 1.807) is 17.0 Å². The number of carbonyl (C=O) groups is 2. The van der Waals surface area contributed by atoms with Crippen molar-refractivity contribution < 1.29 is 27.2 Å². The quantitative estimate of drug-likeness (QED) is 0.726. The van der Waals surface area contributed by atoms with Gasteiger partial charge in [0.1, 0.15) is 11.5 Å². The molecule has 1 N–H and O–H groups in total. The fraction of sp³-hybridized carbons (Fsp3) is 0.368. The van der Waals surface area contributed by atoms with Crippen LogP contribution in [0.25, 0.3) is 0 Å². The Morgan fingerprint density at radius 3 is 2.72 bits per heavy atom. The van der Waals surface area contributed by atoms with Crippen LogP contribution in [-0.2, 0) is 26.2 Å². The highest BCUT2D eigenvalue weighted by atomic mass is 32.2. The maximum Gasteiger partial charge on any atom is 0.242 e. The van der Waals surface area contributed by atoms with Crippen molar-refractivity contribution in [3.63, 3.8) is 0 Å². The highest BCUT2D eigenvalue weighted by molar-refractivity contribution is 7.89. The zero-order valence-corrected chi connectivity index (χ0v) is 17.2. The Morgan fingerprint density at radius 2 is 2.10 bits per heavy atom. The number of nitrogens with one attached hydrogen (secondary N) is 1. The van der Waals surface area contributed by atoms with E-state index in [0.29, 0.717) is 18.1 Å². The average molecular weight is 421 g/mol. The van der Waals surface area contributed by atoms with Crippen LogP contribution in [0.4, 0.5) is 5.69 Å². The number of hydrogen-bond donors (Lipinski definition) is 1. The molecule has 29 heavy (non-hydrogen) atoms. The molecule has 3 rings (SSSR count). The number of anilines is 1. The third-order valence-corrected chi connectivity index (χ3v) is 6.53. The van der Waals surface area contributed by atoms with Crippen LogP contribution < -0.4 is 10.1 Å². The van der Waals surface area contributed by atoms with E-state index in [9.17, 15) is 18.0 Å². The summed E-state index contributed by atoms with van der Waals surface area (Å²) < 4.78 is 36.3. The summed E-state index contributed by atoms with van der Waals surface area (Å²) >= 11 is 0. The smallest absolute Gasteiger partial charge is 0.242 e. The molecule has 156 valence electrons. The van der Waals surface area contributed by atoms with E-state index in [2.05, 4.69) is 5.32 Å². The van der Waals surface area contributed by atoms with Crippen molar-refractivity contribution in [1.29, 1.82) is 0 Å². The molecule has 1 atom stereocenters. The molecule has 0 bridgehead atoms. The van der Waals surface area contributed by atoms with Crippen molar-refractivity contribution in [2.24, 2.45) is 5.92 Å². The Balaban J connectivity index is 1.75. The minimum Gasteiger partial charge on any atom is -0.495 e. The zero-order valence-electron chi connectivity index (χ0n) is 16.4. The maximum absolute atomic E-state index is 12.7. The number of likely N-dealkylation sites (tertiary alicyclic amines) is 1. The van der Waals surface area contributed by atoms with Crippen LogP contribution in [0, 0.1) is 5.92 Å². The summed E-state index contributed by atoms with van der Waals surface area (Å²) in [4.78, 5) is 26.6. The molecule has 0 unspecified atom stereocenters. The highest BCUT2D eigenvalue weighted by Gasteiger charge is 2.35. The first-order valence-corrected chi connectivity index (χ1v) is 10.4. The molecule has 0 saturated carbocycles. The summed E-state index contributed by atoms with van der Waals surface area (Å²) in [7, 11) is 0.606. The number of sulfonamides is 1. The highest BCUT2D eigenvalue weighted by Crippen LogP contribution is 2.30. The van der Waals surface area contributed by atoms with Crippen molar-refractivity contribution in [2.75, 3.05) is 33.1 Å². The molecule has 0 spiro atoms. The molecule has 1 fully saturated rings. The lowest BCUT2D eigenvalue weighted by Crippen LogP contribution is -2.28. The monoisotopic (exact) mass is 421 g/mol. The largest absolute Gasteiger partial charge is 0.495 e. The first-order chi connectivity index (χ1) is 13.7. The molecule has 9 nitrogen and oxygen atoms in total. The van der Waals surface area contributed by atoms with E-state index in [0.717, 1.165) is 4.31 Å². The fourth-order valence-electron chi connectivity index (χ4n) is 3.08. The number of furan rings is 1. The summed E-state index contributed by atoms with van der Waals surface area (Å²) in [6.45, 7) is 0.554. The second-order valence-corrected chi connectivity index (χ2v) is 9.05. The first-order valence-electron chi connectivity index (χ1n) is 8.94. The topological polar surface area (TPSA) is 109 Å². The third-order valence-electron chi connectivity index (χ3n) is 4.72. The van der Waals surface area contributed by atoms with Crippen molar-refractivity contribution in [3.05, 3.63) is 42.4 Å². The molecule has 10 heteroatoms. The molecular weight excluding hydrogens is 398 g/mol. The van der Waals surface area contributed by atoms with Gasteiger partial charge in [0.25, 0.3) is 0 Å². The van der Waals surface area contributed by atoms with Gasteiger partial charge in [-0.15, -0.1) is 0 Å². The average Bonchev–Trinajstić information content (AvgIpc) is 3.32. The van der Waals surface area contributed by atoms with Crippen LogP contribution in [0.2, 0.25) is 0 Å². The van der Waals surface area contributed by atoms with Gasteiger partial charge < -0.3 is 19.4 Å². The van der Waals surface area contributed by atoms with Crippen LogP contribution in [0.3, 0.4) is 0 Å². The Hall–Kier alpha value is -2.85. The van der Waals surface area contributed by atoms with Gasteiger partial charge in [-0.2, -0.15) is 0 Å². The van der Waals surface area contributed by atoms with Crippen LogP contribution in [0.15, 0.2) is 45.9 Å². The molecular formula is C19H23N3O6S. The van der Waals surface area contributed by atoms with Gasteiger partial charge in [0.05, 0.1) is 36.4 Å². The van der Waals surface area contributed by atoms with Gasteiger partial charge >= 0.3 is 0 Å². The van der Waals surface area contributed by atoms with Gasteiger partial charge in [0, 0.05) is 27.1 Å². The van der Waals surface area contributed by atoms with E-state index in [-0.39, 0.29) is 35.4 Å². The molecule has 0 aliphatic carbocycles. The molecule has 2 aromatic rings. The molecule has 0 radical (unpaired) electrons. The van der Waals surface area contributed by atoms with Crippen LogP contribution in [0.1, 0.15) is 12.2 Å². The predicted molar refractivity (Wildman–Crippen MR) is 105 cm³/mol. The van der Waals surface area contributed by atoms with Gasteiger partial charge in [-0.25, -0.2) is 12.7 Å². The summed E-state index contributed by atoms with van der Waals surface area (Å²) in [6, 6.07) is 7.75. The Kier molecular flexibility index (Phi) is 5.94. The second kappa shape index (κ2) is 8.26. The number of benzene rings is 1. The van der Waals surface area contributed by atoms with E-state index >= 15 is 0 Å². The van der Waals surface area contributed by atoms with Crippen molar-refractivity contribution >= 4 is 27.5 Å². The fourth-order valence-corrected chi connectivity index (χ4v) is 4.01. The first kappa shape index (κ1) is 20.9. The standard InChI is InChI=1S/C19H23N3O6S/c1-21(2)29(25,26)15-6-7-17(27-3)16(10-15)20-19(24)13-9-18(23)22(11-13)12-14-5-4-8-28-14/h4-8,10,13H,9,11-12H2,1-3H3,(H,20,24)/t13-/m1/s1. The van der Waals surface area contributed by atoms with Crippen LogP contribution in [0.5, 0.6) is 5.75 Å². The number of carbonyl (C=O) groups excluding carboxylic acids is 2. The van der Waals surface area contributed by atoms with E-state index < -0.39 is 15.9 Å². The van der Waals surface area contributed by atoms with Crippen molar-refractivity contribution in [1.82, 2.24) is 9.21 Å². The van der Waals surface area contributed by atoms with Crippen molar-refractivity contribution in [2.45, 2.75) is 17.9 Å². The zero-order chi connectivity index (χ0) is 21.2. The SMILES string of the molecule is COc1ccc(S(=O)(=O)N(C)C)cc1NC(=O)[C@@H]1CC(=O)N(Cc2ccco2)C1. The second-order valence-electron chi connectivity index (χ2n) is 6.89. The summed E-state index contributed by atoms with van der Waals surface area (Å²) in [5.41, 5.74) is 0.234. The molecule has 2 amide bonds. The number of rotatable bonds is 7. The number of amides is 2. The van der Waals surface area contributed by atoms with Crippen molar-refractivity contribution in [3.8, 4) is 5.75 Å². The van der Waals surface area contributed by atoms with Crippen LogP contribution in [-0.4, -0.2) is 57.2 Å². The lowest BCUT2D eigenvalue weighted by Gasteiger charge is -2.17. The van der Waals surface area contributed by atoms with Crippen LogP contribution >= 0.6 is 0 Å². The van der Waals surface area contributed by atoms with Gasteiger partial charge in [0.15, 0.2) is 0 Å². The number of ether oxygens (including phenoxy) is 1. The Morgan fingerprint density at radius 1 is 1.34 bits per heavy atom. The van der Waals surface area contributed by atoms with Gasteiger partial charge in [-0.05, 0) is 30.3 Å². The lowest BCUT2D eigenvalue weighted by atomic mass is 10.1. The lowest BCUT2D eigenvalue weighted by molar-refractivity contribution is -0.128. The number of hydrogen-bond acceptors (Lipinski definition) is 6. The third kappa shape index (κ3) is 4.43. The predicted octanol–water partition coefficient (Wildman–Crippen LogP) is 1.53. The number of nitrogens with zero attached hydrogens (tertiary/aromatic N) is 2. The minimum absolute atomic E-state index is 0.0283. The van der Waals surface area contributed by atoms with Gasteiger partial charge in [-0.1, -0.05) is 0 Å². The molecule has 1 aliphatic rings. The van der Waals surface area contributed by atoms with Gasteiger partial charge in [0.2, 0.25) is 21.8 Å². The molecule has 1 aliphatic heterocycles. The summed E-state index contributed by atoms with van der Waals surface area (Å²) in [5, 5.41) is 2.71. The summed E-state index contributed by atoms with van der Waals surface area (Å²) in [6.07, 6.45) is 1.60. The van der Waals surface area contributed by atoms with E-state index in [1.165, 1.54) is 45.7 Å². The molecule has 1 saturated heterocycles. The summed E-state index contributed by atoms with van der Waals surface area (Å²) in [5.74, 6) is -0.109. The van der Waals surface area contributed by atoms with Gasteiger partial charge in [-0.3, -0.25) is 9.59 Å². The molecule has 1 aromatic carbocycles. The Labute approximate surface area is 169 Å².